The van der Waals surface area contributed by atoms with Crippen molar-refractivity contribution in [3.63, 3.8) is 0 Å². The van der Waals surface area contributed by atoms with E-state index in [0.717, 1.165) is 36.2 Å². The van der Waals surface area contributed by atoms with Crippen molar-refractivity contribution in [1.29, 1.82) is 0 Å². The maximum Gasteiger partial charge on any atom is 0.193 e. The Balaban J connectivity index is 0.00000220. The molecule has 7 heteroatoms. The molecule has 1 N–H and O–H groups in total. The summed E-state index contributed by atoms with van der Waals surface area (Å²) in [6.07, 6.45) is 1.02. The Labute approximate surface area is 151 Å². The van der Waals surface area contributed by atoms with Crippen molar-refractivity contribution in [3.05, 3.63) is 38.5 Å². The smallest absolute Gasteiger partial charge is 0.193 e. The van der Waals surface area contributed by atoms with Crippen LogP contribution in [-0.4, -0.2) is 36.5 Å². The van der Waals surface area contributed by atoms with E-state index in [1.165, 1.54) is 5.56 Å². The Bertz CT molecular complexity index is 551. The predicted octanol–water partition coefficient (Wildman–Crippen LogP) is 3.38. The van der Waals surface area contributed by atoms with E-state index >= 15 is 0 Å². The minimum absolute atomic E-state index is 0. The van der Waals surface area contributed by atoms with E-state index in [2.05, 4.69) is 42.4 Å². The normalized spacial score (nSPS) is 11.1. The number of nitrogens with zero attached hydrogens (tertiary/aromatic N) is 3. The average Bonchev–Trinajstić information content (AvgIpc) is 3.06. The molecule has 0 fully saturated rings. The second-order valence-electron chi connectivity index (χ2n) is 4.57. The van der Waals surface area contributed by atoms with Gasteiger partial charge in [0.25, 0.3) is 0 Å². The zero-order chi connectivity index (χ0) is 14.4. The molecule has 0 aliphatic heterocycles. The van der Waals surface area contributed by atoms with E-state index < -0.39 is 0 Å². The molecule has 116 valence electrons. The summed E-state index contributed by atoms with van der Waals surface area (Å²) < 4.78 is 0. The van der Waals surface area contributed by atoms with Crippen molar-refractivity contribution >= 4 is 52.6 Å². The molecule has 0 saturated carbocycles. The van der Waals surface area contributed by atoms with Gasteiger partial charge in [0.2, 0.25) is 0 Å². The number of halogens is 1. The average molecular weight is 436 g/mol. The minimum atomic E-state index is 0. The maximum atomic E-state index is 4.48. The summed E-state index contributed by atoms with van der Waals surface area (Å²) in [5, 5.41) is 10.9. The number of thiophene rings is 1. The Kier molecular flexibility index (Phi) is 8.20. The molecular weight excluding hydrogens is 415 g/mol. The molecule has 0 aliphatic carbocycles. The molecule has 2 rings (SSSR count). The van der Waals surface area contributed by atoms with Gasteiger partial charge < -0.3 is 10.2 Å². The van der Waals surface area contributed by atoms with Crippen molar-refractivity contribution < 1.29 is 0 Å². The summed E-state index contributed by atoms with van der Waals surface area (Å²) >= 11 is 3.42. The summed E-state index contributed by atoms with van der Waals surface area (Å²) in [6, 6.07) is 2.16. The van der Waals surface area contributed by atoms with Crippen LogP contribution in [0.2, 0.25) is 0 Å². The number of aryl methyl sites for hydroxylation is 1. The Morgan fingerprint density at radius 3 is 2.81 bits per heavy atom. The Morgan fingerprint density at radius 2 is 2.24 bits per heavy atom. The monoisotopic (exact) mass is 436 g/mol. The highest BCUT2D eigenvalue weighted by atomic mass is 127. The summed E-state index contributed by atoms with van der Waals surface area (Å²) in [5.74, 6) is 0.908. The molecule has 2 aromatic heterocycles. The van der Waals surface area contributed by atoms with E-state index in [1.54, 1.807) is 22.7 Å². The summed E-state index contributed by atoms with van der Waals surface area (Å²) in [5.41, 5.74) is 2.46. The van der Waals surface area contributed by atoms with Gasteiger partial charge in [0.15, 0.2) is 5.96 Å². The highest BCUT2D eigenvalue weighted by molar-refractivity contribution is 14.0. The van der Waals surface area contributed by atoms with E-state index in [1.807, 2.05) is 21.0 Å². The number of aromatic nitrogens is 1. The fourth-order valence-electron chi connectivity index (χ4n) is 1.94. The molecule has 4 nitrogen and oxygen atoms in total. The Morgan fingerprint density at radius 1 is 1.43 bits per heavy atom. The molecule has 0 amide bonds. The SMILES string of the molecule is CN=C(NCCc1ccsc1)N(C)Cc1csc(C)n1.I. The number of rotatable bonds is 5. The topological polar surface area (TPSA) is 40.5 Å². The fraction of sp³-hybridized carbons (Fsp3) is 0.429. The molecule has 0 aromatic carbocycles. The first-order valence-electron chi connectivity index (χ1n) is 6.53. The van der Waals surface area contributed by atoms with Gasteiger partial charge in [-0.15, -0.1) is 35.3 Å². The molecule has 0 bridgehead atoms. The lowest BCUT2D eigenvalue weighted by atomic mass is 10.2. The molecule has 0 spiro atoms. The van der Waals surface area contributed by atoms with Gasteiger partial charge in [-0.2, -0.15) is 11.3 Å². The fourth-order valence-corrected chi connectivity index (χ4v) is 3.24. The molecule has 0 atom stereocenters. The maximum absolute atomic E-state index is 4.48. The first-order chi connectivity index (χ1) is 9.69. The molecular formula is C14H21IN4S2. The van der Waals surface area contributed by atoms with Gasteiger partial charge in [0.1, 0.15) is 0 Å². The third-order valence-electron chi connectivity index (χ3n) is 2.92. The van der Waals surface area contributed by atoms with Crippen LogP contribution in [0.15, 0.2) is 27.2 Å². The van der Waals surface area contributed by atoms with Crippen molar-refractivity contribution in [2.24, 2.45) is 4.99 Å². The van der Waals surface area contributed by atoms with Crippen LogP contribution in [-0.2, 0) is 13.0 Å². The molecule has 2 heterocycles. The van der Waals surface area contributed by atoms with E-state index in [4.69, 9.17) is 0 Å². The first kappa shape index (κ1) is 18.4. The van der Waals surface area contributed by atoms with Gasteiger partial charge in [-0.1, -0.05) is 0 Å². The standard InChI is InChI=1S/C14H20N4S2.HI/c1-11-17-13(10-20-11)8-18(3)14(15-2)16-6-4-12-5-7-19-9-12;/h5,7,9-10H,4,6,8H2,1-3H3,(H,15,16);1H. The molecule has 2 aromatic rings. The second-order valence-corrected chi connectivity index (χ2v) is 6.41. The van der Waals surface area contributed by atoms with Crippen LogP contribution in [0.25, 0.3) is 0 Å². The highest BCUT2D eigenvalue weighted by Crippen LogP contribution is 2.10. The van der Waals surface area contributed by atoms with Crippen LogP contribution in [0.4, 0.5) is 0 Å². The number of thiazole rings is 1. The number of aliphatic imine (C=N–C) groups is 1. The lowest BCUT2D eigenvalue weighted by Crippen LogP contribution is -2.39. The predicted molar refractivity (Wildman–Crippen MR) is 103 cm³/mol. The van der Waals surface area contributed by atoms with Crippen LogP contribution in [0.1, 0.15) is 16.3 Å². The second kappa shape index (κ2) is 9.37. The van der Waals surface area contributed by atoms with Gasteiger partial charge in [-0.25, -0.2) is 4.98 Å². The van der Waals surface area contributed by atoms with Gasteiger partial charge in [0.05, 0.1) is 17.2 Å². The zero-order valence-electron chi connectivity index (χ0n) is 12.5. The van der Waals surface area contributed by atoms with E-state index in [9.17, 15) is 0 Å². The van der Waals surface area contributed by atoms with E-state index in [-0.39, 0.29) is 24.0 Å². The quantitative estimate of drug-likeness (QED) is 0.444. The van der Waals surface area contributed by atoms with Crippen LogP contribution >= 0.6 is 46.7 Å². The van der Waals surface area contributed by atoms with Crippen molar-refractivity contribution in [2.75, 3.05) is 20.6 Å². The lowest BCUT2D eigenvalue weighted by Gasteiger charge is -2.21. The van der Waals surface area contributed by atoms with Crippen LogP contribution < -0.4 is 5.32 Å². The van der Waals surface area contributed by atoms with Crippen molar-refractivity contribution in [1.82, 2.24) is 15.2 Å². The van der Waals surface area contributed by atoms with Crippen LogP contribution in [0.3, 0.4) is 0 Å². The van der Waals surface area contributed by atoms with Crippen LogP contribution in [0.5, 0.6) is 0 Å². The number of nitrogens with one attached hydrogen (secondary N) is 1. The summed E-state index contributed by atoms with van der Waals surface area (Å²) in [7, 11) is 3.85. The Hall–Kier alpha value is -0.670. The lowest BCUT2D eigenvalue weighted by molar-refractivity contribution is 0.471. The largest absolute Gasteiger partial charge is 0.356 e. The zero-order valence-corrected chi connectivity index (χ0v) is 16.5. The molecule has 0 saturated heterocycles. The number of hydrogen-bond acceptors (Lipinski definition) is 4. The third kappa shape index (κ3) is 5.91. The van der Waals surface area contributed by atoms with Crippen LogP contribution in [0, 0.1) is 6.92 Å². The summed E-state index contributed by atoms with van der Waals surface area (Å²) in [4.78, 5) is 10.9. The molecule has 0 radical (unpaired) electrons. The van der Waals surface area contributed by atoms with E-state index in [0.29, 0.717) is 0 Å². The van der Waals surface area contributed by atoms with Gasteiger partial charge in [0, 0.05) is 26.0 Å². The third-order valence-corrected chi connectivity index (χ3v) is 4.47. The first-order valence-corrected chi connectivity index (χ1v) is 8.35. The van der Waals surface area contributed by atoms with Gasteiger partial charge in [-0.05, 0) is 35.7 Å². The minimum Gasteiger partial charge on any atom is -0.356 e. The molecule has 0 aliphatic rings. The number of guanidine groups is 1. The van der Waals surface area contributed by atoms with Crippen molar-refractivity contribution in [3.8, 4) is 0 Å². The number of hydrogen-bond donors (Lipinski definition) is 1. The molecule has 0 unspecified atom stereocenters. The highest BCUT2D eigenvalue weighted by Gasteiger charge is 2.08. The molecule has 21 heavy (non-hydrogen) atoms. The van der Waals surface area contributed by atoms with Gasteiger partial charge in [-0.3, -0.25) is 4.99 Å². The summed E-state index contributed by atoms with van der Waals surface area (Å²) in [6.45, 7) is 3.70. The van der Waals surface area contributed by atoms with Crippen molar-refractivity contribution in [2.45, 2.75) is 19.9 Å². The van der Waals surface area contributed by atoms with Gasteiger partial charge >= 0.3 is 0 Å².